The second kappa shape index (κ2) is 27.4. The van der Waals surface area contributed by atoms with Crippen LogP contribution in [0.1, 0.15) is 97.8 Å². The molecule has 0 saturated carbocycles. The van der Waals surface area contributed by atoms with Gasteiger partial charge in [0.2, 0.25) is 0 Å². The number of anilines is 4. The molecular weight excluding hydrogens is 975 g/mol. The first-order valence-electron chi connectivity index (χ1n) is 25.8. The summed E-state index contributed by atoms with van der Waals surface area (Å²) in [6, 6.07) is 30.8. The molecule has 0 aliphatic carbocycles. The summed E-state index contributed by atoms with van der Waals surface area (Å²) >= 11 is 0. The fraction of sp³-hybridized carbons (Fsp3) is 0.345. The molecule has 7 heterocycles. The number of aromatic nitrogens is 8. The average molecular weight is 1050 g/mol. The van der Waals surface area contributed by atoms with Gasteiger partial charge in [-0.25, -0.2) is 29.5 Å². The van der Waals surface area contributed by atoms with Crippen LogP contribution in [0.15, 0.2) is 137 Å². The number of benzene rings is 3. The van der Waals surface area contributed by atoms with Crippen molar-refractivity contribution in [3.63, 3.8) is 0 Å². The number of nitrogens with two attached hydrogens (primary N) is 1. The standard InChI is InChI=1S/C21H22N6O2.C14H16N2O3.C13H12N4.C6H15N.C4H8O/c1-13-9-10-22-19-18(13)23-12-27(19)15-7-5-14(6-8-15)24-20(28)25-17-11-16(29-26-17)21(2,3)4;1-14(2,3)11-9-12(16-19-11)15-13(17)18-10-7-5-4-6-8-10;1-9-6-7-15-13-12(9)16-8-17(13)11-4-2-10(14)3-5-11;1-4-7(5-2)6-3;1-2-4-5-3-1/h5-12H,1-4H3,(H2,24,25,26,28);4-9H,1-3H3,(H,15,16,17);2-8H,14H2,1H3;4-6H2,1-3H3;1-4H2. The quantitative estimate of drug-likeness (QED) is 0.0986. The van der Waals surface area contributed by atoms with E-state index in [-0.39, 0.29) is 10.8 Å². The van der Waals surface area contributed by atoms with Crippen molar-refractivity contribution in [1.29, 1.82) is 0 Å². The zero-order valence-electron chi connectivity index (χ0n) is 46.1. The van der Waals surface area contributed by atoms with Gasteiger partial charge in [0.25, 0.3) is 0 Å². The number of para-hydroxylation sites is 1. The SMILES string of the molecule is C1CCOC1.CC(C)(C)c1cc(NC(=O)Oc2ccccc2)no1.CCN(CC)CC.Cc1ccnc2c1ncn2-c1ccc(N)cc1.Cc1ccnc2c1ncn2-c1ccc(NC(=O)Nc2cc(C(C)(C)C)on2)cc1. The van der Waals surface area contributed by atoms with Gasteiger partial charge in [-0.05, 0) is 130 Å². The number of hydrogen-bond donors (Lipinski definition) is 4. The van der Waals surface area contributed by atoms with Crippen molar-refractivity contribution in [2.24, 2.45) is 0 Å². The summed E-state index contributed by atoms with van der Waals surface area (Å²) in [6.45, 7) is 28.2. The van der Waals surface area contributed by atoms with Crippen LogP contribution >= 0.6 is 0 Å². The van der Waals surface area contributed by atoms with E-state index in [0.717, 1.165) is 63.7 Å². The van der Waals surface area contributed by atoms with E-state index in [4.69, 9.17) is 24.3 Å². The molecule has 406 valence electrons. The van der Waals surface area contributed by atoms with Gasteiger partial charge in [-0.3, -0.25) is 19.8 Å². The summed E-state index contributed by atoms with van der Waals surface area (Å²) in [6.07, 6.45) is 9.06. The lowest BCUT2D eigenvalue weighted by Crippen LogP contribution is -2.21. The molecule has 5 N–H and O–H groups in total. The molecule has 0 atom stereocenters. The number of ether oxygens (including phenoxy) is 2. The fourth-order valence-corrected chi connectivity index (χ4v) is 7.36. The van der Waals surface area contributed by atoms with E-state index in [1.807, 2.05) is 131 Å². The van der Waals surface area contributed by atoms with Crippen molar-refractivity contribution in [2.45, 2.75) is 99.8 Å². The molecule has 19 heteroatoms. The maximum atomic E-state index is 12.2. The van der Waals surface area contributed by atoms with Crippen molar-refractivity contribution >= 4 is 57.5 Å². The van der Waals surface area contributed by atoms with Crippen molar-refractivity contribution in [3.05, 3.63) is 151 Å². The Balaban J connectivity index is 0.000000174. The van der Waals surface area contributed by atoms with Gasteiger partial charge in [0.1, 0.15) is 41.0 Å². The number of hydrogen-bond acceptors (Lipinski definition) is 14. The summed E-state index contributed by atoms with van der Waals surface area (Å²) in [5.74, 6) is 2.58. The highest BCUT2D eigenvalue weighted by Crippen LogP contribution is 2.27. The molecule has 0 unspecified atom stereocenters. The van der Waals surface area contributed by atoms with Crippen LogP contribution in [0.25, 0.3) is 33.7 Å². The fourth-order valence-electron chi connectivity index (χ4n) is 7.36. The lowest BCUT2D eigenvalue weighted by Gasteiger charge is -2.13. The third kappa shape index (κ3) is 17.0. The molecule has 3 amide bonds. The summed E-state index contributed by atoms with van der Waals surface area (Å²) in [5, 5.41) is 15.6. The summed E-state index contributed by atoms with van der Waals surface area (Å²) in [4.78, 5) is 43.9. The first-order chi connectivity index (χ1) is 36.9. The Morgan fingerprint density at radius 1 is 0.623 bits per heavy atom. The van der Waals surface area contributed by atoms with E-state index in [0.29, 0.717) is 34.6 Å². The van der Waals surface area contributed by atoms with Crippen LogP contribution in [0.4, 0.5) is 32.6 Å². The molecule has 77 heavy (non-hydrogen) atoms. The largest absolute Gasteiger partial charge is 0.418 e. The minimum absolute atomic E-state index is 0.156. The Hall–Kier alpha value is -8.42. The number of pyridine rings is 2. The van der Waals surface area contributed by atoms with Gasteiger partial charge in [-0.15, -0.1) is 0 Å². The molecule has 9 aromatic rings. The lowest BCUT2D eigenvalue weighted by atomic mass is 9.93. The summed E-state index contributed by atoms with van der Waals surface area (Å²) in [5.41, 5.74) is 14.3. The second-order valence-electron chi connectivity index (χ2n) is 20.0. The maximum Gasteiger partial charge on any atom is 0.418 e. The number of carbonyl (C=O) groups is 2. The van der Waals surface area contributed by atoms with Crippen LogP contribution in [0, 0.1) is 13.8 Å². The third-order valence-electron chi connectivity index (χ3n) is 11.9. The predicted molar refractivity (Wildman–Crippen MR) is 304 cm³/mol. The molecule has 3 aromatic carbocycles. The van der Waals surface area contributed by atoms with Gasteiger partial charge in [0, 0.05) is 71.3 Å². The van der Waals surface area contributed by atoms with Crippen LogP contribution in [-0.2, 0) is 15.6 Å². The molecule has 19 nitrogen and oxygen atoms in total. The normalized spacial score (nSPS) is 12.0. The van der Waals surface area contributed by atoms with Gasteiger partial charge >= 0.3 is 12.1 Å². The number of nitrogen functional groups attached to an aromatic ring is 1. The van der Waals surface area contributed by atoms with Crippen LogP contribution < -0.4 is 26.4 Å². The van der Waals surface area contributed by atoms with Gasteiger partial charge in [0.15, 0.2) is 22.9 Å². The van der Waals surface area contributed by atoms with Gasteiger partial charge in [0.05, 0.1) is 0 Å². The summed E-state index contributed by atoms with van der Waals surface area (Å²) < 4.78 is 24.3. The molecule has 0 radical (unpaired) electrons. The predicted octanol–water partition coefficient (Wildman–Crippen LogP) is 12.7. The van der Waals surface area contributed by atoms with E-state index >= 15 is 0 Å². The highest BCUT2D eigenvalue weighted by molar-refractivity contribution is 5.99. The van der Waals surface area contributed by atoms with Gasteiger partial charge in [-0.2, -0.15) is 0 Å². The number of nitrogens with zero attached hydrogens (tertiary/aromatic N) is 9. The Bertz CT molecular complexity index is 3220. The monoisotopic (exact) mass is 1050 g/mol. The smallest absolute Gasteiger partial charge is 0.410 e. The van der Waals surface area contributed by atoms with E-state index in [1.165, 1.54) is 32.5 Å². The van der Waals surface area contributed by atoms with Crippen molar-refractivity contribution in [1.82, 2.24) is 44.3 Å². The van der Waals surface area contributed by atoms with Gasteiger partial charge < -0.3 is 34.5 Å². The number of nitrogens with one attached hydrogen (secondary N) is 3. The second-order valence-corrected chi connectivity index (χ2v) is 20.0. The molecule has 10 rings (SSSR count). The Morgan fingerprint density at radius 2 is 1.09 bits per heavy atom. The van der Waals surface area contributed by atoms with E-state index in [9.17, 15) is 9.59 Å². The minimum atomic E-state index is -0.597. The zero-order valence-corrected chi connectivity index (χ0v) is 46.1. The van der Waals surface area contributed by atoms with E-state index in [2.05, 4.69) is 71.9 Å². The lowest BCUT2D eigenvalue weighted by molar-refractivity contribution is 0.198. The maximum absolute atomic E-state index is 12.2. The number of amides is 3. The number of fused-ring (bicyclic) bond motifs is 2. The molecule has 1 aliphatic rings. The third-order valence-corrected chi connectivity index (χ3v) is 11.9. The average Bonchev–Trinajstić information content (AvgIpc) is 4.29. The number of imidazole rings is 2. The molecule has 6 aromatic heterocycles. The van der Waals surface area contributed by atoms with Crippen molar-refractivity contribution < 1.29 is 28.1 Å². The van der Waals surface area contributed by atoms with Crippen LogP contribution in [-0.4, -0.2) is 89.3 Å². The molecule has 0 bridgehead atoms. The highest BCUT2D eigenvalue weighted by atomic mass is 16.6. The number of carbonyl (C=O) groups excluding carboxylic acids is 2. The minimum Gasteiger partial charge on any atom is -0.410 e. The first kappa shape index (κ1) is 57.9. The van der Waals surface area contributed by atoms with E-state index in [1.54, 1.807) is 61.4 Å². The van der Waals surface area contributed by atoms with Crippen LogP contribution in [0.2, 0.25) is 0 Å². The number of rotatable bonds is 9. The molecule has 1 aliphatic heterocycles. The molecule has 1 fully saturated rings. The first-order valence-corrected chi connectivity index (χ1v) is 25.8. The van der Waals surface area contributed by atoms with Crippen molar-refractivity contribution in [3.8, 4) is 17.1 Å². The van der Waals surface area contributed by atoms with Crippen molar-refractivity contribution in [2.75, 3.05) is 54.5 Å². The Morgan fingerprint density at radius 3 is 1.51 bits per heavy atom. The Kier molecular flexibility index (Phi) is 20.6. The summed E-state index contributed by atoms with van der Waals surface area (Å²) in [7, 11) is 0. The molecule has 1 saturated heterocycles. The van der Waals surface area contributed by atoms with Gasteiger partial charge in [-0.1, -0.05) is 90.8 Å². The van der Waals surface area contributed by atoms with Crippen LogP contribution in [0.3, 0.4) is 0 Å². The topological polar surface area (TPSA) is 231 Å². The van der Waals surface area contributed by atoms with E-state index < -0.39 is 12.1 Å². The zero-order chi connectivity index (χ0) is 55.5. The number of aryl methyl sites for hydroxylation is 2. The number of urea groups is 1. The molecular formula is C58H73N13O6. The highest BCUT2D eigenvalue weighted by Gasteiger charge is 2.22. The molecule has 0 spiro atoms. The van der Waals surface area contributed by atoms with Crippen LogP contribution in [0.5, 0.6) is 5.75 Å². The Labute approximate surface area is 450 Å².